The molecule has 3 heteroatoms. The van der Waals surface area contributed by atoms with Crippen molar-refractivity contribution in [1.82, 2.24) is 4.57 Å². The van der Waals surface area contributed by atoms with Crippen molar-refractivity contribution in [3.8, 4) is 6.07 Å². The van der Waals surface area contributed by atoms with Crippen LogP contribution in [0.3, 0.4) is 0 Å². The Morgan fingerprint density at radius 3 is 2.88 bits per heavy atom. The Kier molecular flexibility index (Phi) is 3.24. The fourth-order valence-corrected chi connectivity index (χ4v) is 2.21. The fourth-order valence-electron chi connectivity index (χ4n) is 2.21. The fraction of sp³-hybridized carbons (Fsp3) is 0.286. The highest BCUT2D eigenvalue weighted by atomic mass is 16.1. The van der Waals surface area contributed by atoms with E-state index in [1.54, 1.807) is 0 Å². The van der Waals surface area contributed by atoms with Crippen molar-refractivity contribution in [3.63, 3.8) is 0 Å². The number of rotatable bonds is 4. The number of carbonyl (C=O) groups excluding carboxylic acids is 1. The lowest BCUT2D eigenvalue weighted by molar-refractivity contribution is 0.112. The zero-order valence-corrected chi connectivity index (χ0v) is 9.81. The zero-order chi connectivity index (χ0) is 12.3. The van der Waals surface area contributed by atoms with E-state index in [1.165, 1.54) is 0 Å². The Morgan fingerprint density at radius 2 is 2.18 bits per heavy atom. The Morgan fingerprint density at radius 1 is 1.41 bits per heavy atom. The number of hydrogen-bond donors (Lipinski definition) is 0. The van der Waals surface area contributed by atoms with Crippen molar-refractivity contribution in [1.29, 1.82) is 5.26 Å². The van der Waals surface area contributed by atoms with E-state index in [2.05, 4.69) is 10.6 Å². The van der Waals surface area contributed by atoms with Gasteiger partial charge in [-0.05, 0) is 19.4 Å². The Labute approximate surface area is 100 Å². The first kappa shape index (κ1) is 11.4. The standard InChI is InChI=1S/C14H14N2O/c1-11-13(10-17)12-6-2-3-7-14(12)16(11)9-5-4-8-15/h2-3,6-7,10H,4-5,9H2,1H3. The van der Waals surface area contributed by atoms with Crippen LogP contribution in [0.2, 0.25) is 0 Å². The monoisotopic (exact) mass is 226 g/mol. The van der Waals surface area contributed by atoms with Crippen LogP contribution in [-0.4, -0.2) is 10.9 Å². The van der Waals surface area contributed by atoms with Gasteiger partial charge in [-0.2, -0.15) is 5.26 Å². The van der Waals surface area contributed by atoms with Crippen LogP contribution >= 0.6 is 0 Å². The van der Waals surface area contributed by atoms with Gasteiger partial charge in [0.25, 0.3) is 0 Å². The summed E-state index contributed by atoms with van der Waals surface area (Å²) in [6.45, 7) is 2.74. The number of para-hydroxylation sites is 1. The van der Waals surface area contributed by atoms with Crippen molar-refractivity contribution in [2.24, 2.45) is 0 Å². The van der Waals surface area contributed by atoms with E-state index < -0.39 is 0 Å². The van der Waals surface area contributed by atoms with Gasteiger partial charge in [0.15, 0.2) is 6.29 Å². The highest BCUT2D eigenvalue weighted by molar-refractivity contribution is 5.99. The summed E-state index contributed by atoms with van der Waals surface area (Å²) < 4.78 is 2.12. The summed E-state index contributed by atoms with van der Waals surface area (Å²) in [5.41, 5.74) is 2.82. The Bertz CT molecular complexity index is 590. The second kappa shape index (κ2) is 4.84. The minimum atomic E-state index is 0.544. The molecule has 3 nitrogen and oxygen atoms in total. The Balaban J connectivity index is 2.50. The maximum Gasteiger partial charge on any atom is 0.152 e. The number of carbonyl (C=O) groups is 1. The molecule has 1 aromatic heterocycles. The number of benzene rings is 1. The van der Waals surface area contributed by atoms with E-state index in [0.29, 0.717) is 6.42 Å². The summed E-state index contributed by atoms with van der Waals surface area (Å²) in [5.74, 6) is 0. The van der Waals surface area contributed by atoms with E-state index >= 15 is 0 Å². The van der Waals surface area contributed by atoms with Gasteiger partial charge in [-0.15, -0.1) is 0 Å². The molecule has 17 heavy (non-hydrogen) atoms. The minimum absolute atomic E-state index is 0.544. The molecule has 86 valence electrons. The summed E-state index contributed by atoms with van der Waals surface area (Å²) in [6, 6.07) is 10.0. The molecule has 2 rings (SSSR count). The molecule has 0 atom stereocenters. The number of unbranched alkanes of at least 4 members (excludes halogenated alkanes) is 1. The lowest BCUT2D eigenvalue weighted by Crippen LogP contribution is -2.00. The third-order valence-corrected chi connectivity index (χ3v) is 3.07. The highest BCUT2D eigenvalue weighted by Gasteiger charge is 2.12. The van der Waals surface area contributed by atoms with Gasteiger partial charge in [-0.3, -0.25) is 4.79 Å². The number of nitrogens with zero attached hydrogens (tertiary/aromatic N) is 2. The van der Waals surface area contributed by atoms with Gasteiger partial charge in [-0.1, -0.05) is 18.2 Å². The van der Waals surface area contributed by atoms with Crippen LogP contribution in [0.25, 0.3) is 10.9 Å². The molecule has 0 radical (unpaired) electrons. The third kappa shape index (κ3) is 1.94. The SMILES string of the molecule is Cc1c(C=O)c2ccccc2n1CCCC#N. The van der Waals surface area contributed by atoms with Gasteiger partial charge < -0.3 is 4.57 Å². The van der Waals surface area contributed by atoms with E-state index in [1.807, 2.05) is 31.2 Å². The molecule has 0 bridgehead atoms. The van der Waals surface area contributed by atoms with Gasteiger partial charge in [0.1, 0.15) is 0 Å². The number of nitriles is 1. The summed E-state index contributed by atoms with van der Waals surface area (Å²) in [4.78, 5) is 11.1. The summed E-state index contributed by atoms with van der Waals surface area (Å²) in [7, 11) is 0. The van der Waals surface area contributed by atoms with Gasteiger partial charge >= 0.3 is 0 Å². The maximum atomic E-state index is 11.1. The van der Waals surface area contributed by atoms with Crippen LogP contribution in [0.1, 0.15) is 28.9 Å². The van der Waals surface area contributed by atoms with E-state index in [4.69, 9.17) is 5.26 Å². The molecule has 1 aromatic carbocycles. The first-order valence-electron chi connectivity index (χ1n) is 5.69. The zero-order valence-electron chi connectivity index (χ0n) is 9.81. The third-order valence-electron chi connectivity index (χ3n) is 3.07. The van der Waals surface area contributed by atoms with Crippen molar-refractivity contribution >= 4 is 17.2 Å². The van der Waals surface area contributed by atoms with Gasteiger partial charge in [0.05, 0.1) is 6.07 Å². The van der Waals surface area contributed by atoms with E-state index in [0.717, 1.165) is 41.4 Å². The minimum Gasteiger partial charge on any atom is -0.344 e. The smallest absolute Gasteiger partial charge is 0.152 e. The Hall–Kier alpha value is -2.08. The molecular weight excluding hydrogens is 212 g/mol. The quantitative estimate of drug-likeness (QED) is 0.594. The molecule has 1 heterocycles. The molecule has 0 amide bonds. The van der Waals surface area contributed by atoms with Gasteiger partial charge in [-0.25, -0.2) is 0 Å². The largest absolute Gasteiger partial charge is 0.344 e. The van der Waals surface area contributed by atoms with Gasteiger partial charge in [0, 0.05) is 35.1 Å². The molecule has 0 spiro atoms. The van der Waals surface area contributed by atoms with Crippen LogP contribution in [0.5, 0.6) is 0 Å². The lowest BCUT2D eigenvalue weighted by Gasteiger charge is -2.06. The van der Waals surface area contributed by atoms with Crippen LogP contribution in [0, 0.1) is 18.3 Å². The van der Waals surface area contributed by atoms with E-state index in [-0.39, 0.29) is 0 Å². The van der Waals surface area contributed by atoms with E-state index in [9.17, 15) is 4.79 Å². The molecule has 0 saturated carbocycles. The summed E-state index contributed by atoms with van der Waals surface area (Å²) in [5, 5.41) is 9.56. The highest BCUT2D eigenvalue weighted by Crippen LogP contribution is 2.24. The predicted octanol–water partition coefficient (Wildman–Crippen LogP) is 3.07. The molecule has 2 aromatic rings. The van der Waals surface area contributed by atoms with Crippen LogP contribution in [-0.2, 0) is 6.54 Å². The van der Waals surface area contributed by atoms with Gasteiger partial charge in [0.2, 0.25) is 0 Å². The summed E-state index contributed by atoms with van der Waals surface area (Å²) >= 11 is 0. The number of hydrogen-bond acceptors (Lipinski definition) is 2. The molecule has 0 aliphatic heterocycles. The number of aromatic nitrogens is 1. The number of aldehydes is 1. The normalized spacial score (nSPS) is 10.4. The topological polar surface area (TPSA) is 45.8 Å². The van der Waals surface area contributed by atoms with Crippen LogP contribution in [0.15, 0.2) is 24.3 Å². The average molecular weight is 226 g/mol. The second-order valence-corrected chi connectivity index (χ2v) is 4.05. The lowest BCUT2D eigenvalue weighted by atomic mass is 10.1. The first-order chi connectivity index (χ1) is 8.29. The molecule has 0 aliphatic rings. The molecule has 0 N–H and O–H groups in total. The van der Waals surface area contributed by atoms with Crippen LogP contribution in [0.4, 0.5) is 0 Å². The molecule has 0 saturated heterocycles. The van der Waals surface area contributed by atoms with Crippen molar-refractivity contribution in [2.45, 2.75) is 26.3 Å². The summed E-state index contributed by atoms with van der Waals surface area (Å²) in [6.07, 6.45) is 2.27. The number of fused-ring (bicyclic) bond motifs is 1. The molecule has 0 fully saturated rings. The second-order valence-electron chi connectivity index (χ2n) is 4.05. The van der Waals surface area contributed by atoms with Crippen LogP contribution < -0.4 is 0 Å². The molecular formula is C14H14N2O. The number of aryl methyl sites for hydroxylation is 1. The van der Waals surface area contributed by atoms with Crippen molar-refractivity contribution in [3.05, 3.63) is 35.5 Å². The maximum absolute atomic E-state index is 11.1. The van der Waals surface area contributed by atoms with Crippen molar-refractivity contribution < 1.29 is 4.79 Å². The predicted molar refractivity (Wildman–Crippen MR) is 66.9 cm³/mol. The molecule has 0 aliphatic carbocycles. The first-order valence-corrected chi connectivity index (χ1v) is 5.69. The average Bonchev–Trinajstić information content (AvgIpc) is 2.62. The molecule has 0 unspecified atom stereocenters. The van der Waals surface area contributed by atoms with Crippen molar-refractivity contribution in [2.75, 3.05) is 0 Å².